The third-order valence-electron chi connectivity index (χ3n) is 7.49. The molecule has 10 nitrogen and oxygen atoms in total. The Morgan fingerprint density at radius 3 is 2.39 bits per heavy atom. The molecule has 1 atom stereocenters. The van der Waals surface area contributed by atoms with Gasteiger partial charge in [0.1, 0.15) is 11.1 Å². The van der Waals surface area contributed by atoms with Crippen molar-refractivity contribution in [1.82, 2.24) is 9.47 Å². The second-order valence-corrected chi connectivity index (χ2v) is 10.9. The highest BCUT2D eigenvalue weighted by Gasteiger charge is 2.26. The van der Waals surface area contributed by atoms with E-state index in [9.17, 15) is 19.2 Å². The van der Waals surface area contributed by atoms with Gasteiger partial charge in [-0.1, -0.05) is 30.3 Å². The maximum atomic E-state index is 13.3. The SMILES string of the molecule is Cc1c(NC(=O)c2ccccc2)cccc1-c1cc(Nc2ccc(C(=O)N3CCOCC3)c(C(Cl)C(N)=O)c2)c(=O)n(C)c1. The number of carbonyl (C=O) groups excluding carboxylic acids is 3. The first kappa shape index (κ1) is 30.5. The summed E-state index contributed by atoms with van der Waals surface area (Å²) in [5.74, 6) is -1.31. The van der Waals surface area contributed by atoms with Gasteiger partial charge in [-0.25, -0.2) is 0 Å². The molecule has 1 fully saturated rings. The average molecular weight is 614 g/mol. The van der Waals surface area contributed by atoms with Gasteiger partial charge in [0.05, 0.1) is 13.2 Å². The van der Waals surface area contributed by atoms with E-state index in [0.29, 0.717) is 43.2 Å². The van der Waals surface area contributed by atoms with Crippen molar-refractivity contribution in [1.29, 1.82) is 0 Å². The summed E-state index contributed by atoms with van der Waals surface area (Å²) in [6.07, 6.45) is 1.72. The monoisotopic (exact) mass is 613 g/mol. The zero-order valence-corrected chi connectivity index (χ0v) is 25.1. The second kappa shape index (κ2) is 13.2. The zero-order chi connectivity index (χ0) is 31.4. The Kier molecular flexibility index (Phi) is 9.12. The second-order valence-electron chi connectivity index (χ2n) is 10.5. The van der Waals surface area contributed by atoms with Crippen LogP contribution in [0.3, 0.4) is 0 Å². The van der Waals surface area contributed by atoms with Crippen LogP contribution in [-0.4, -0.2) is 53.5 Å². The first-order valence-corrected chi connectivity index (χ1v) is 14.5. The number of aromatic nitrogens is 1. The van der Waals surface area contributed by atoms with Crippen LogP contribution < -0.4 is 21.9 Å². The first-order valence-electron chi connectivity index (χ1n) is 14.0. The molecule has 44 heavy (non-hydrogen) atoms. The summed E-state index contributed by atoms with van der Waals surface area (Å²) < 4.78 is 6.80. The van der Waals surface area contributed by atoms with Crippen molar-refractivity contribution in [2.45, 2.75) is 12.3 Å². The molecule has 3 amide bonds. The van der Waals surface area contributed by atoms with E-state index in [1.807, 2.05) is 31.2 Å². The average Bonchev–Trinajstić information content (AvgIpc) is 3.04. The summed E-state index contributed by atoms with van der Waals surface area (Å²) in [4.78, 5) is 53.0. The standard InChI is InChI=1S/C33H32ClN5O5/c1-20-24(9-6-10-27(20)37-31(41)21-7-4-3-5-8-21)22-17-28(33(43)38(2)19-22)36-23-11-12-25(26(18-23)29(34)30(35)40)32(42)39-13-15-44-16-14-39/h3-12,17-19,29,36H,13-16H2,1-2H3,(H2,35,40)(H,37,41). The highest BCUT2D eigenvalue weighted by molar-refractivity contribution is 6.31. The number of pyridine rings is 1. The van der Waals surface area contributed by atoms with Crippen LogP contribution >= 0.6 is 11.6 Å². The van der Waals surface area contributed by atoms with Crippen LogP contribution in [0.25, 0.3) is 11.1 Å². The fourth-order valence-corrected chi connectivity index (χ4v) is 5.29. The Morgan fingerprint density at radius 2 is 1.68 bits per heavy atom. The predicted molar refractivity (Wildman–Crippen MR) is 170 cm³/mol. The largest absolute Gasteiger partial charge is 0.378 e. The normalized spacial score (nSPS) is 13.7. The van der Waals surface area contributed by atoms with Crippen LogP contribution in [-0.2, 0) is 16.6 Å². The number of aryl methyl sites for hydroxylation is 1. The Balaban J connectivity index is 1.47. The van der Waals surface area contributed by atoms with E-state index in [1.165, 1.54) is 4.57 Å². The zero-order valence-electron chi connectivity index (χ0n) is 24.3. The number of alkyl halides is 1. The van der Waals surface area contributed by atoms with Crippen molar-refractivity contribution in [3.63, 3.8) is 0 Å². The predicted octanol–water partition coefficient (Wildman–Crippen LogP) is 4.59. The minimum Gasteiger partial charge on any atom is -0.378 e. The molecule has 1 unspecified atom stereocenters. The summed E-state index contributed by atoms with van der Waals surface area (Å²) in [5, 5.41) is 4.84. The molecule has 11 heteroatoms. The number of carbonyl (C=O) groups is 3. The van der Waals surface area contributed by atoms with Gasteiger partial charge in [0.2, 0.25) is 5.91 Å². The number of nitrogens with zero attached hydrogens (tertiary/aromatic N) is 2. The summed E-state index contributed by atoms with van der Waals surface area (Å²) in [7, 11) is 1.64. The lowest BCUT2D eigenvalue weighted by Gasteiger charge is -2.28. The van der Waals surface area contributed by atoms with E-state index in [4.69, 9.17) is 22.1 Å². The fourth-order valence-electron chi connectivity index (χ4n) is 5.11. The maximum absolute atomic E-state index is 13.3. The molecule has 0 spiro atoms. The molecular weight excluding hydrogens is 582 g/mol. The van der Waals surface area contributed by atoms with Gasteiger partial charge in [-0.05, 0) is 66.1 Å². The maximum Gasteiger partial charge on any atom is 0.274 e. The number of rotatable bonds is 8. The Morgan fingerprint density at radius 1 is 0.955 bits per heavy atom. The first-order chi connectivity index (χ1) is 21.1. The molecule has 0 saturated carbocycles. The van der Waals surface area contributed by atoms with Crippen LogP contribution in [0, 0.1) is 6.92 Å². The molecule has 2 heterocycles. The van der Waals surface area contributed by atoms with Gasteiger partial charge >= 0.3 is 0 Å². The van der Waals surface area contributed by atoms with Gasteiger partial charge in [-0.3, -0.25) is 19.2 Å². The number of halogens is 1. The fraction of sp³-hybridized carbons (Fsp3) is 0.212. The van der Waals surface area contributed by atoms with E-state index in [2.05, 4.69) is 10.6 Å². The van der Waals surface area contributed by atoms with Crippen LogP contribution in [0.5, 0.6) is 0 Å². The molecule has 0 aliphatic carbocycles. The Hall–Kier alpha value is -4.93. The van der Waals surface area contributed by atoms with Crippen LogP contribution in [0.4, 0.5) is 17.1 Å². The number of hydrogen-bond donors (Lipinski definition) is 3. The number of ether oxygens (including phenoxy) is 1. The third-order valence-corrected chi connectivity index (χ3v) is 7.94. The van der Waals surface area contributed by atoms with Crippen molar-refractivity contribution < 1.29 is 19.1 Å². The van der Waals surface area contributed by atoms with Crippen molar-refractivity contribution in [3.05, 3.63) is 112 Å². The summed E-state index contributed by atoms with van der Waals surface area (Å²) in [6, 6.07) is 21.0. The summed E-state index contributed by atoms with van der Waals surface area (Å²) >= 11 is 6.38. The highest BCUT2D eigenvalue weighted by atomic mass is 35.5. The lowest BCUT2D eigenvalue weighted by Crippen LogP contribution is -2.41. The molecule has 1 aliphatic heterocycles. The van der Waals surface area contributed by atoms with Crippen molar-refractivity contribution in [3.8, 4) is 11.1 Å². The number of nitrogens with two attached hydrogens (primary N) is 1. The topological polar surface area (TPSA) is 136 Å². The van der Waals surface area contributed by atoms with Gasteiger partial charge in [-0.15, -0.1) is 11.6 Å². The lowest BCUT2D eigenvalue weighted by atomic mass is 9.99. The van der Waals surface area contributed by atoms with E-state index in [1.54, 1.807) is 66.7 Å². The molecule has 4 N–H and O–H groups in total. The van der Waals surface area contributed by atoms with Gasteiger partial charge in [0.15, 0.2) is 0 Å². The number of morpholine rings is 1. The van der Waals surface area contributed by atoms with Crippen LogP contribution in [0.1, 0.15) is 37.2 Å². The number of benzene rings is 3. The highest BCUT2D eigenvalue weighted by Crippen LogP contribution is 2.32. The molecule has 1 saturated heterocycles. The van der Waals surface area contributed by atoms with Crippen molar-refractivity contribution >= 4 is 46.4 Å². The number of amides is 3. The Labute approximate surface area is 259 Å². The molecule has 1 aromatic heterocycles. The van der Waals surface area contributed by atoms with Crippen LogP contribution in [0.2, 0.25) is 0 Å². The molecule has 1 aliphatic rings. The molecular formula is C33H32ClN5O5. The number of anilines is 3. The lowest BCUT2D eigenvalue weighted by molar-refractivity contribution is -0.117. The van der Waals surface area contributed by atoms with E-state index in [-0.39, 0.29) is 34.2 Å². The molecule has 4 aromatic rings. The third kappa shape index (κ3) is 6.51. The quantitative estimate of drug-likeness (QED) is 0.249. The molecule has 0 bridgehead atoms. The van der Waals surface area contributed by atoms with E-state index in [0.717, 1.165) is 16.7 Å². The van der Waals surface area contributed by atoms with Gasteiger partial charge in [0, 0.05) is 54.4 Å². The number of hydrogen-bond acceptors (Lipinski definition) is 6. The van der Waals surface area contributed by atoms with E-state index < -0.39 is 11.3 Å². The molecule has 0 radical (unpaired) electrons. The molecule has 5 rings (SSSR count). The van der Waals surface area contributed by atoms with Gasteiger partial charge < -0.3 is 30.6 Å². The number of primary amides is 1. The van der Waals surface area contributed by atoms with Crippen LogP contribution in [0.15, 0.2) is 83.8 Å². The molecule has 3 aromatic carbocycles. The van der Waals surface area contributed by atoms with E-state index >= 15 is 0 Å². The number of nitrogens with one attached hydrogen (secondary N) is 2. The minimum absolute atomic E-state index is 0.228. The van der Waals surface area contributed by atoms with Crippen molar-refractivity contribution in [2.24, 2.45) is 12.8 Å². The van der Waals surface area contributed by atoms with Gasteiger partial charge in [0.25, 0.3) is 17.4 Å². The summed E-state index contributed by atoms with van der Waals surface area (Å²) in [6.45, 7) is 3.57. The Bertz CT molecular complexity index is 1780. The molecule has 226 valence electrons. The van der Waals surface area contributed by atoms with Crippen molar-refractivity contribution in [2.75, 3.05) is 36.9 Å². The van der Waals surface area contributed by atoms with Gasteiger partial charge in [-0.2, -0.15) is 0 Å². The minimum atomic E-state index is -1.26. The smallest absolute Gasteiger partial charge is 0.274 e. The summed E-state index contributed by atoms with van der Waals surface area (Å²) in [5.41, 5.74) is 9.97.